The summed E-state index contributed by atoms with van der Waals surface area (Å²) >= 11 is 0. The Hall–Kier alpha value is -3.29. The van der Waals surface area contributed by atoms with Crippen molar-refractivity contribution in [3.63, 3.8) is 0 Å². The van der Waals surface area contributed by atoms with E-state index in [9.17, 15) is 19.1 Å². The Labute approximate surface area is 155 Å². The lowest BCUT2D eigenvalue weighted by Crippen LogP contribution is -2.14. The lowest BCUT2D eigenvalue weighted by Gasteiger charge is -2.15. The molecule has 2 aromatic carbocycles. The summed E-state index contributed by atoms with van der Waals surface area (Å²) in [4.78, 5) is 23.4. The van der Waals surface area contributed by atoms with Gasteiger partial charge in [0.15, 0.2) is 11.5 Å². The highest BCUT2D eigenvalue weighted by molar-refractivity contribution is 5.96. The third-order valence-electron chi connectivity index (χ3n) is 3.61. The number of carboxylic acid groups (broad SMARTS) is 1. The van der Waals surface area contributed by atoms with E-state index in [4.69, 9.17) is 14.2 Å². The fourth-order valence-corrected chi connectivity index (χ4v) is 2.37. The van der Waals surface area contributed by atoms with Gasteiger partial charge in [-0.2, -0.15) is 0 Å². The number of carbonyl (C=O) groups excluding carboxylic acids is 1. The number of benzene rings is 2. The third-order valence-corrected chi connectivity index (χ3v) is 3.61. The van der Waals surface area contributed by atoms with Gasteiger partial charge in [0.1, 0.15) is 11.6 Å². The van der Waals surface area contributed by atoms with Gasteiger partial charge in [0, 0.05) is 12.5 Å². The summed E-state index contributed by atoms with van der Waals surface area (Å²) < 4.78 is 28.8. The van der Waals surface area contributed by atoms with Gasteiger partial charge in [0.25, 0.3) is 0 Å². The minimum Gasteiger partial charge on any atom is -0.493 e. The van der Waals surface area contributed by atoms with Gasteiger partial charge in [-0.1, -0.05) is 6.07 Å². The average molecular weight is 377 g/mol. The van der Waals surface area contributed by atoms with Gasteiger partial charge in [-0.05, 0) is 30.7 Å². The molecule has 0 atom stereocenters. The van der Waals surface area contributed by atoms with Gasteiger partial charge in [-0.3, -0.25) is 4.79 Å². The van der Waals surface area contributed by atoms with Gasteiger partial charge in [0.05, 0.1) is 32.1 Å². The number of rotatable bonds is 9. The SMILES string of the molecule is COc1cc(C(=O)O)cc(NC(=O)CCCOc2cccc(F)c2)c1OC. The fourth-order valence-electron chi connectivity index (χ4n) is 2.37. The third kappa shape index (κ3) is 5.60. The van der Waals surface area contributed by atoms with Crippen molar-refractivity contribution in [1.29, 1.82) is 0 Å². The van der Waals surface area contributed by atoms with Crippen LogP contribution in [0.15, 0.2) is 36.4 Å². The molecule has 0 radical (unpaired) electrons. The summed E-state index contributed by atoms with van der Waals surface area (Å²) in [5, 5.41) is 11.8. The molecule has 0 heterocycles. The molecule has 0 aliphatic carbocycles. The lowest BCUT2D eigenvalue weighted by atomic mass is 10.1. The molecule has 7 nitrogen and oxygen atoms in total. The van der Waals surface area contributed by atoms with E-state index in [0.717, 1.165) is 0 Å². The number of nitrogens with one attached hydrogen (secondary N) is 1. The molecular weight excluding hydrogens is 357 g/mol. The van der Waals surface area contributed by atoms with E-state index in [1.165, 1.54) is 44.6 Å². The molecule has 2 aromatic rings. The van der Waals surface area contributed by atoms with Crippen LogP contribution in [0.3, 0.4) is 0 Å². The minimum atomic E-state index is -1.16. The van der Waals surface area contributed by atoms with E-state index in [2.05, 4.69) is 5.32 Å². The number of halogens is 1. The zero-order valence-corrected chi connectivity index (χ0v) is 15.0. The van der Waals surface area contributed by atoms with E-state index < -0.39 is 11.8 Å². The van der Waals surface area contributed by atoms with Crippen LogP contribution in [0.5, 0.6) is 17.2 Å². The standard InChI is InChI=1S/C19H20FNO6/c1-25-16-10-12(19(23)24)9-15(18(16)26-2)21-17(22)7-4-8-27-14-6-3-5-13(20)11-14/h3,5-6,9-11H,4,7-8H2,1-2H3,(H,21,22)(H,23,24). The maximum absolute atomic E-state index is 13.1. The second-order valence-electron chi connectivity index (χ2n) is 5.52. The molecule has 0 spiro atoms. The molecule has 1 amide bonds. The molecule has 0 unspecified atom stereocenters. The fraction of sp³-hybridized carbons (Fsp3) is 0.263. The normalized spacial score (nSPS) is 10.2. The molecule has 2 N–H and O–H groups in total. The first-order valence-corrected chi connectivity index (χ1v) is 8.12. The van der Waals surface area contributed by atoms with Crippen molar-refractivity contribution in [2.75, 3.05) is 26.1 Å². The van der Waals surface area contributed by atoms with Crippen LogP contribution in [0.2, 0.25) is 0 Å². The zero-order valence-electron chi connectivity index (χ0n) is 15.0. The van der Waals surface area contributed by atoms with Crippen molar-refractivity contribution < 1.29 is 33.3 Å². The van der Waals surface area contributed by atoms with Crippen molar-refractivity contribution in [2.45, 2.75) is 12.8 Å². The molecule has 0 bridgehead atoms. The van der Waals surface area contributed by atoms with Gasteiger partial charge in [-0.15, -0.1) is 0 Å². The molecule has 8 heteroatoms. The number of carboxylic acids is 1. The summed E-state index contributed by atoms with van der Waals surface area (Å²) in [6.45, 7) is 0.229. The van der Waals surface area contributed by atoms with Crippen LogP contribution >= 0.6 is 0 Å². The minimum absolute atomic E-state index is 0.0441. The lowest BCUT2D eigenvalue weighted by molar-refractivity contribution is -0.116. The first-order chi connectivity index (χ1) is 12.9. The molecule has 0 saturated heterocycles. The topological polar surface area (TPSA) is 94.1 Å². The van der Waals surface area contributed by atoms with Crippen LogP contribution in [0.25, 0.3) is 0 Å². The number of hydrogen-bond donors (Lipinski definition) is 2. The van der Waals surface area contributed by atoms with E-state index in [-0.39, 0.29) is 41.7 Å². The predicted molar refractivity (Wildman–Crippen MR) is 96.3 cm³/mol. The van der Waals surface area contributed by atoms with Crippen molar-refractivity contribution in [1.82, 2.24) is 0 Å². The van der Waals surface area contributed by atoms with Gasteiger partial charge in [-0.25, -0.2) is 9.18 Å². The van der Waals surface area contributed by atoms with Crippen molar-refractivity contribution >= 4 is 17.6 Å². The number of amides is 1. The van der Waals surface area contributed by atoms with Crippen LogP contribution in [0.4, 0.5) is 10.1 Å². The highest BCUT2D eigenvalue weighted by Gasteiger charge is 2.17. The van der Waals surface area contributed by atoms with Gasteiger partial charge >= 0.3 is 5.97 Å². The van der Waals surface area contributed by atoms with E-state index >= 15 is 0 Å². The summed E-state index contributed by atoms with van der Waals surface area (Å²) in [7, 11) is 2.76. The molecule has 27 heavy (non-hydrogen) atoms. The quantitative estimate of drug-likeness (QED) is 0.651. The highest BCUT2D eigenvalue weighted by atomic mass is 19.1. The summed E-state index contributed by atoms with van der Waals surface area (Å²) in [5.74, 6) is -1.09. The average Bonchev–Trinajstić information content (AvgIpc) is 2.64. The number of hydrogen-bond acceptors (Lipinski definition) is 5. The van der Waals surface area contributed by atoms with Crippen LogP contribution < -0.4 is 19.5 Å². The summed E-state index contributed by atoms with van der Waals surface area (Å²) in [6.07, 6.45) is 0.512. The van der Waals surface area contributed by atoms with Crippen LogP contribution in [-0.4, -0.2) is 37.8 Å². The van der Waals surface area contributed by atoms with Crippen molar-refractivity contribution in [3.05, 3.63) is 47.8 Å². The zero-order chi connectivity index (χ0) is 19.8. The van der Waals surface area contributed by atoms with E-state index in [0.29, 0.717) is 12.2 Å². The predicted octanol–water partition coefficient (Wildman–Crippen LogP) is 3.34. The maximum Gasteiger partial charge on any atom is 0.335 e. The smallest absolute Gasteiger partial charge is 0.335 e. The number of carbonyl (C=O) groups is 2. The Bertz CT molecular complexity index is 824. The van der Waals surface area contributed by atoms with E-state index in [1.807, 2.05) is 0 Å². The van der Waals surface area contributed by atoms with Crippen molar-refractivity contribution in [3.8, 4) is 17.2 Å². The first kappa shape index (κ1) is 20.0. The Morgan fingerprint density at radius 3 is 2.56 bits per heavy atom. The first-order valence-electron chi connectivity index (χ1n) is 8.12. The van der Waals surface area contributed by atoms with Gasteiger partial charge < -0.3 is 24.6 Å². The second kappa shape index (κ2) is 9.42. The number of anilines is 1. The van der Waals surface area contributed by atoms with E-state index in [1.54, 1.807) is 6.07 Å². The molecule has 0 aliphatic rings. The molecule has 0 aromatic heterocycles. The van der Waals surface area contributed by atoms with Gasteiger partial charge in [0.2, 0.25) is 5.91 Å². The Balaban J connectivity index is 1.96. The monoisotopic (exact) mass is 377 g/mol. The Morgan fingerprint density at radius 2 is 1.93 bits per heavy atom. The van der Waals surface area contributed by atoms with Crippen molar-refractivity contribution in [2.24, 2.45) is 0 Å². The molecule has 0 fully saturated rings. The molecule has 144 valence electrons. The Morgan fingerprint density at radius 1 is 1.15 bits per heavy atom. The number of aromatic carboxylic acids is 1. The second-order valence-corrected chi connectivity index (χ2v) is 5.52. The summed E-state index contributed by atoms with van der Waals surface area (Å²) in [5.41, 5.74) is 0.155. The molecule has 0 aliphatic heterocycles. The molecular formula is C19H20FNO6. The van der Waals surface area contributed by atoms with Crippen LogP contribution in [-0.2, 0) is 4.79 Å². The maximum atomic E-state index is 13.1. The number of ether oxygens (including phenoxy) is 3. The summed E-state index contributed by atoms with van der Waals surface area (Å²) in [6, 6.07) is 8.33. The molecule has 2 rings (SSSR count). The molecule has 0 saturated carbocycles. The largest absolute Gasteiger partial charge is 0.493 e. The highest BCUT2D eigenvalue weighted by Crippen LogP contribution is 2.36. The Kier molecular flexibility index (Phi) is 6.99. The number of methoxy groups -OCH3 is 2. The van der Waals surface area contributed by atoms with Crippen LogP contribution in [0.1, 0.15) is 23.2 Å². The van der Waals surface area contributed by atoms with Crippen LogP contribution in [0, 0.1) is 5.82 Å².